The molecule has 1 aromatic carbocycles. The second kappa shape index (κ2) is 33.9. The van der Waals surface area contributed by atoms with Crippen LogP contribution in [0, 0.1) is 0 Å². The number of piperidine rings is 1. The van der Waals surface area contributed by atoms with Crippen molar-refractivity contribution in [3.05, 3.63) is 23.3 Å². The molecule has 1 fully saturated rings. The van der Waals surface area contributed by atoms with Crippen LogP contribution in [0.15, 0.2) is 12.1 Å². The number of carbonyl (C=O) groups is 2. The summed E-state index contributed by atoms with van der Waals surface area (Å²) in [6, 6.07) is 2.03. The van der Waals surface area contributed by atoms with Crippen LogP contribution in [0.25, 0.3) is 0 Å². The van der Waals surface area contributed by atoms with Crippen LogP contribution in [0.2, 0.25) is 0 Å². The first-order valence-corrected chi connectivity index (χ1v) is 26.3. The van der Waals surface area contributed by atoms with Gasteiger partial charge in [-0.25, -0.2) is 25.3 Å². The Kier molecular flexibility index (Phi) is 34.1. The van der Waals surface area contributed by atoms with E-state index >= 15 is 0 Å². The second-order valence-electron chi connectivity index (χ2n) is 16.7. The molecule has 0 saturated carbocycles. The van der Waals surface area contributed by atoms with Gasteiger partial charge in [-0.3, -0.25) is 22.1 Å². The van der Waals surface area contributed by atoms with Gasteiger partial charge in [-0.1, -0.05) is 116 Å². The average molecular weight is 1010 g/mol. The fraction of sp³-hybridized carbons (Fsp3) is 0.805. The Morgan fingerprint density at radius 3 is 1.68 bits per heavy atom. The van der Waals surface area contributed by atoms with E-state index in [2.05, 4.69) is 20.6 Å². The number of phenolic OH excluding ortho intramolecular Hbond substituents is 2. The molecule has 24 heteroatoms. The van der Waals surface area contributed by atoms with E-state index in [1.807, 2.05) is 0 Å². The summed E-state index contributed by atoms with van der Waals surface area (Å²) in [5.41, 5.74) is 1.50. The van der Waals surface area contributed by atoms with Gasteiger partial charge >= 0.3 is 88.7 Å². The zero-order chi connectivity index (χ0) is 45.8. The van der Waals surface area contributed by atoms with E-state index < -0.39 is 62.0 Å². The summed E-state index contributed by atoms with van der Waals surface area (Å²) in [5, 5.41) is 23.2. The normalized spacial score (nSPS) is 17.7. The fourth-order valence-electron chi connectivity index (χ4n) is 8.64. The molecular formula is C41H67N2Na3O16S3. The molecule has 2 amide bonds. The number of nitrogens with zero attached hydrogens (tertiary/aromatic N) is 1. The van der Waals surface area contributed by atoms with Crippen LogP contribution in [-0.4, -0.2) is 96.7 Å². The molecule has 1 aromatic rings. The number of nitrogens with one attached hydrogen (secondary N) is 1. The maximum Gasteiger partial charge on any atom is 1.00 e. The topological polar surface area (TPSA) is 289 Å². The summed E-state index contributed by atoms with van der Waals surface area (Å²) in [7, 11) is -15.9. The number of carbonyl (C=O) groups excluding carboxylic acids is 2. The van der Waals surface area contributed by atoms with E-state index in [4.69, 9.17) is 4.18 Å². The van der Waals surface area contributed by atoms with Crippen molar-refractivity contribution < 1.29 is 160 Å². The standard InChI is InChI=1S/C41H70N2O16S3.3Na/c1-2-3-4-5-6-12-15-18-21-37(58-61(51,52)53)38(59-62(54,55)56)26-23-33(57-60(48,49)50)20-17-14-11-9-7-8-10-13-16-19-22-39(46)42-34-24-25-35-40-31(27-28-43(35)41(34)47)29-32(44)30-36(40)45;;;/h29-30,33-35,37-38,44-45H,2-28H2,1H3,(H,42,46)(H,48,49,50)(H,51,52,53)(H,54,55,56);;;/q;3*+1/p-3/t33-,34-,35-,37-,38-;;;/m0.../s1. The van der Waals surface area contributed by atoms with Crippen molar-refractivity contribution in [2.75, 3.05) is 6.54 Å². The zero-order valence-electron chi connectivity index (χ0n) is 38.9. The molecule has 0 bridgehead atoms. The first kappa shape index (κ1) is 65.4. The van der Waals surface area contributed by atoms with Crippen molar-refractivity contribution in [1.29, 1.82) is 0 Å². The summed E-state index contributed by atoms with van der Waals surface area (Å²) in [4.78, 5) is 27.6. The molecule has 18 nitrogen and oxygen atoms in total. The van der Waals surface area contributed by atoms with Crippen LogP contribution < -0.4 is 94.0 Å². The van der Waals surface area contributed by atoms with Gasteiger partial charge in [0.2, 0.25) is 43.0 Å². The molecule has 2 aliphatic rings. The number of rotatable bonds is 33. The van der Waals surface area contributed by atoms with Gasteiger partial charge in [0.25, 0.3) is 0 Å². The average Bonchev–Trinajstić information content (AvgIpc) is 3.16. The monoisotopic (exact) mass is 1010 g/mol. The van der Waals surface area contributed by atoms with Crippen molar-refractivity contribution in [3.63, 3.8) is 0 Å². The molecule has 3 rings (SSSR count). The van der Waals surface area contributed by atoms with Crippen LogP contribution in [0.3, 0.4) is 0 Å². The summed E-state index contributed by atoms with van der Waals surface area (Å²) in [5.74, 6) is -0.362. The van der Waals surface area contributed by atoms with Crippen LogP contribution in [0.1, 0.15) is 185 Å². The SMILES string of the molecule is CCCCCCCCCC[C@H](OS(=O)(=O)[O-])[C@H](CC[C@H](CCCCCCCCCCCCC(=O)N[C@H]1CC[C@H]2c3c(O)cc(O)cc3CCN2C1=O)OS(=O)(=O)[O-])OS(=O)(=O)[O-].[Na+].[Na+].[Na+]. The third kappa shape index (κ3) is 27.5. The van der Waals surface area contributed by atoms with E-state index in [9.17, 15) is 58.7 Å². The van der Waals surface area contributed by atoms with Gasteiger partial charge in [-0.2, -0.15) is 0 Å². The number of amides is 2. The maximum absolute atomic E-state index is 13.2. The zero-order valence-corrected chi connectivity index (χ0v) is 47.4. The molecule has 2 aliphatic heterocycles. The maximum atomic E-state index is 13.2. The largest absolute Gasteiger partial charge is 1.00 e. The number of hydrogen-bond acceptors (Lipinski definition) is 16. The van der Waals surface area contributed by atoms with Gasteiger partial charge in [0.15, 0.2) is 0 Å². The van der Waals surface area contributed by atoms with Gasteiger partial charge in [0, 0.05) is 24.6 Å². The van der Waals surface area contributed by atoms with E-state index in [0.29, 0.717) is 69.9 Å². The fourth-order valence-corrected chi connectivity index (χ4v) is 10.2. The Bertz CT molecular complexity index is 1880. The van der Waals surface area contributed by atoms with E-state index in [0.717, 1.165) is 89.0 Å². The Labute approximate surface area is 454 Å². The summed E-state index contributed by atoms with van der Waals surface area (Å²) < 4.78 is 118. The molecule has 0 radical (unpaired) electrons. The third-order valence-electron chi connectivity index (χ3n) is 11.7. The van der Waals surface area contributed by atoms with Crippen molar-refractivity contribution >= 4 is 43.0 Å². The van der Waals surface area contributed by atoms with Gasteiger partial charge in [-0.15, -0.1) is 0 Å². The predicted octanol–water partition coefficient (Wildman–Crippen LogP) is -2.66. The van der Waals surface area contributed by atoms with E-state index in [-0.39, 0.29) is 137 Å². The van der Waals surface area contributed by atoms with Crippen LogP contribution in [0.4, 0.5) is 0 Å². The second-order valence-corrected chi connectivity index (χ2v) is 19.7. The Morgan fingerprint density at radius 1 is 0.677 bits per heavy atom. The van der Waals surface area contributed by atoms with Crippen LogP contribution >= 0.6 is 0 Å². The third-order valence-corrected chi connectivity index (χ3v) is 13.1. The minimum atomic E-state index is -5.40. The van der Waals surface area contributed by atoms with Gasteiger partial charge in [-0.05, 0) is 63.0 Å². The number of aromatic hydroxyl groups is 2. The molecule has 3 N–H and O–H groups in total. The molecule has 0 spiro atoms. The van der Waals surface area contributed by atoms with Gasteiger partial charge < -0.3 is 34.1 Å². The number of fused-ring (bicyclic) bond motifs is 3. The molecule has 0 aromatic heterocycles. The quantitative estimate of drug-likeness (QED) is 0.0280. The van der Waals surface area contributed by atoms with Crippen molar-refractivity contribution in [2.45, 2.75) is 204 Å². The molecule has 0 aliphatic carbocycles. The minimum absolute atomic E-state index is 0. The van der Waals surface area contributed by atoms with Crippen LogP contribution in [-0.2, 0) is 59.8 Å². The van der Waals surface area contributed by atoms with E-state index in [1.54, 1.807) is 11.0 Å². The molecule has 0 unspecified atom stereocenters. The number of unbranched alkanes of at least 4 members (excludes halogenated alkanes) is 16. The first-order valence-electron chi connectivity index (χ1n) is 22.3. The number of phenols is 2. The number of hydrogen-bond donors (Lipinski definition) is 3. The van der Waals surface area contributed by atoms with Crippen molar-refractivity contribution in [2.24, 2.45) is 0 Å². The van der Waals surface area contributed by atoms with Gasteiger partial charge in [0.1, 0.15) is 29.7 Å². The van der Waals surface area contributed by atoms with Crippen molar-refractivity contribution in [3.8, 4) is 11.5 Å². The van der Waals surface area contributed by atoms with Gasteiger partial charge in [0.05, 0.1) is 12.1 Å². The molecule has 2 heterocycles. The Morgan fingerprint density at radius 2 is 1.15 bits per heavy atom. The smallest absolute Gasteiger partial charge is 0.726 e. The summed E-state index contributed by atoms with van der Waals surface area (Å²) in [6.45, 7) is 2.55. The summed E-state index contributed by atoms with van der Waals surface area (Å²) >= 11 is 0. The predicted molar refractivity (Wildman–Crippen MR) is 225 cm³/mol. The summed E-state index contributed by atoms with van der Waals surface area (Å²) in [6.07, 6.45) is 11.7. The Hall–Kier alpha value is 0.370. The molecule has 65 heavy (non-hydrogen) atoms. The number of benzene rings is 1. The molecule has 5 atom stereocenters. The molecule has 1 saturated heterocycles. The minimum Gasteiger partial charge on any atom is -0.726 e. The molecular weight excluding hydrogens is 942 g/mol. The van der Waals surface area contributed by atoms with Crippen molar-refractivity contribution in [1.82, 2.24) is 10.2 Å². The Balaban J connectivity index is 0.0000137. The first-order chi connectivity index (χ1) is 29.3. The van der Waals surface area contributed by atoms with Crippen LogP contribution in [0.5, 0.6) is 11.5 Å². The molecule has 358 valence electrons. The van der Waals surface area contributed by atoms with E-state index in [1.165, 1.54) is 6.07 Å².